The monoisotopic (exact) mass is 349 g/mol. The van der Waals surface area contributed by atoms with Crippen molar-refractivity contribution in [3.05, 3.63) is 92.7 Å². The number of pyridine rings is 1. The Hall–Kier alpha value is -2.91. The minimum atomic E-state index is -0.215. The second-order valence-electron chi connectivity index (χ2n) is 5.71. The van der Waals surface area contributed by atoms with E-state index in [1.807, 2.05) is 37.3 Å². The van der Waals surface area contributed by atoms with Crippen molar-refractivity contribution < 1.29 is 4.79 Å². The fourth-order valence-corrected chi connectivity index (χ4v) is 2.63. The highest BCUT2D eigenvalue weighted by molar-refractivity contribution is 6.30. The highest BCUT2D eigenvalue weighted by atomic mass is 35.5. The Morgan fingerprint density at radius 1 is 1.04 bits per heavy atom. The summed E-state index contributed by atoms with van der Waals surface area (Å²) in [7, 11) is 0. The Bertz CT molecular complexity index is 1040. The molecule has 0 spiro atoms. The van der Waals surface area contributed by atoms with Crippen LogP contribution in [0, 0.1) is 6.92 Å². The summed E-state index contributed by atoms with van der Waals surface area (Å²) in [5.41, 5.74) is 2.94. The van der Waals surface area contributed by atoms with E-state index in [9.17, 15) is 9.59 Å². The molecule has 0 amide bonds. The Morgan fingerprint density at radius 2 is 1.76 bits per heavy atom. The third kappa shape index (κ3) is 4.14. The van der Waals surface area contributed by atoms with Gasteiger partial charge in [0.05, 0.1) is 5.52 Å². The molecular weight excluding hydrogens is 334 g/mol. The Balaban J connectivity index is 1.80. The van der Waals surface area contributed by atoms with Crippen molar-refractivity contribution in [1.29, 1.82) is 0 Å². The van der Waals surface area contributed by atoms with E-state index in [0.717, 1.165) is 22.0 Å². The number of aromatic nitrogens is 1. The number of nitrogens with one attached hydrogen (secondary N) is 1. The SMILES string of the molecule is Cc1cccc2cc(/C=C/C(=O)/C=C/c3ccc(Cl)cc3)c(=O)[nH]c12. The van der Waals surface area contributed by atoms with Gasteiger partial charge in [-0.15, -0.1) is 0 Å². The van der Waals surface area contributed by atoms with Crippen molar-refractivity contribution >= 4 is 40.4 Å². The minimum absolute atomic E-state index is 0.196. The number of ketones is 1. The highest BCUT2D eigenvalue weighted by Crippen LogP contribution is 2.15. The average Bonchev–Trinajstić information content (AvgIpc) is 2.60. The first-order valence-electron chi connectivity index (χ1n) is 7.81. The molecule has 0 fully saturated rings. The van der Waals surface area contributed by atoms with Gasteiger partial charge in [0.1, 0.15) is 0 Å². The molecule has 25 heavy (non-hydrogen) atoms. The molecular formula is C21H16ClNO2. The second kappa shape index (κ2) is 7.32. The lowest BCUT2D eigenvalue weighted by molar-refractivity contribution is -0.110. The molecule has 2 aromatic carbocycles. The lowest BCUT2D eigenvalue weighted by atomic mass is 10.1. The molecule has 3 aromatic rings. The molecule has 0 bridgehead atoms. The van der Waals surface area contributed by atoms with Gasteiger partial charge in [-0.1, -0.05) is 48.0 Å². The van der Waals surface area contributed by atoms with Crippen LogP contribution < -0.4 is 5.56 Å². The van der Waals surface area contributed by atoms with Crippen LogP contribution in [-0.4, -0.2) is 10.8 Å². The first-order chi connectivity index (χ1) is 12.0. The lowest BCUT2D eigenvalue weighted by Crippen LogP contribution is -2.09. The molecule has 0 saturated heterocycles. The molecule has 0 aliphatic rings. The molecule has 0 atom stereocenters. The van der Waals surface area contributed by atoms with Crippen LogP contribution in [0.1, 0.15) is 16.7 Å². The number of aryl methyl sites for hydroxylation is 1. The van der Waals surface area contributed by atoms with Crippen molar-refractivity contribution in [2.24, 2.45) is 0 Å². The van der Waals surface area contributed by atoms with Gasteiger partial charge in [-0.25, -0.2) is 0 Å². The van der Waals surface area contributed by atoms with Crippen LogP contribution in [0.15, 0.2) is 65.5 Å². The van der Waals surface area contributed by atoms with Gasteiger partial charge < -0.3 is 4.98 Å². The molecule has 4 heteroatoms. The Labute approximate surface area is 150 Å². The number of benzene rings is 2. The number of fused-ring (bicyclic) bond motifs is 1. The van der Waals surface area contributed by atoms with Crippen molar-refractivity contribution in [1.82, 2.24) is 4.98 Å². The summed E-state index contributed by atoms with van der Waals surface area (Å²) in [5, 5.41) is 1.58. The molecule has 124 valence electrons. The van der Waals surface area contributed by atoms with Gasteiger partial charge in [0.25, 0.3) is 5.56 Å². The maximum Gasteiger partial charge on any atom is 0.255 e. The number of para-hydroxylation sites is 1. The maximum absolute atomic E-state index is 12.2. The van der Waals surface area contributed by atoms with Gasteiger partial charge in [0, 0.05) is 10.6 Å². The first-order valence-corrected chi connectivity index (χ1v) is 8.19. The number of rotatable bonds is 4. The molecule has 0 unspecified atom stereocenters. The number of carbonyl (C=O) groups excluding carboxylic acids is 1. The quantitative estimate of drug-likeness (QED) is 0.689. The van der Waals surface area contributed by atoms with E-state index >= 15 is 0 Å². The summed E-state index contributed by atoms with van der Waals surface area (Å²) in [6.45, 7) is 1.94. The summed E-state index contributed by atoms with van der Waals surface area (Å²) in [5.74, 6) is -0.196. The van der Waals surface area contributed by atoms with E-state index in [-0.39, 0.29) is 11.3 Å². The molecule has 0 saturated carbocycles. The zero-order chi connectivity index (χ0) is 17.8. The van der Waals surface area contributed by atoms with Crippen molar-refractivity contribution in [3.8, 4) is 0 Å². The van der Waals surface area contributed by atoms with Crippen LogP contribution in [0.2, 0.25) is 5.02 Å². The van der Waals surface area contributed by atoms with Gasteiger partial charge in [0.15, 0.2) is 5.78 Å². The van der Waals surface area contributed by atoms with E-state index in [4.69, 9.17) is 11.6 Å². The summed E-state index contributed by atoms with van der Waals surface area (Å²) < 4.78 is 0. The Kier molecular flexibility index (Phi) is 4.96. The zero-order valence-electron chi connectivity index (χ0n) is 13.6. The van der Waals surface area contributed by atoms with Crippen LogP contribution in [0.25, 0.3) is 23.1 Å². The predicted molar refractivity (Wildman–Crippen MR) is 104 cm³/mol. The molecule has 0 aliphatic heterocycles. The van der Waals surface area contributed by atoms with Gasteiger partial charge in [-0.3, -0.25) is 9.59 Å². The molecule has 0 aliphatic carbocycles. The molecule has 0 radical (unpaired) electrons. The third-order valence-corrected chi connectivity index (χ3v) is 4.11. The first kappa shape index (κ1) is 16.9. The van der Waals surface area contributed by atoms with E-state index in [1.165, 1.54) is 18.2 Å². The minimum Gasteiger partial charge on any atom is -0.321 e. The smallest absolute Gasteiger partial charge is 0.255 e. The maximum atomic E-state index is 12.2. The molecule has 1 aromatic heterocycles. The molecule has 3 nitrogen and oxygen atoms in total. The van der Waals surface area contributed by atoms with Gasteiger partial charge in [-0.05, 0) is 59.9 Å². The Morgan fingerprint density at radius 3 is 2.52 bits per heavy atom. The van der Waals surface area contributed by atoms with Crippen molar-refractivity contribution in [3.63, 3.8) is 0 Å². The normalized spacial score (nSPS) is 11.6. The fraction of sp³-hybridized carbons (Fsp3) is 0.0476. The summed E-state index contributed by atoms with van der Waals surface area (Å²) >= 11 is 5.82. The largest absolute Gasteiger partial charge is 0.321 e. The zero-order valence-corrected chi connectivity index (χ0v) is 14.4. The topological polar surface area (TPSA) is 49.9 Å². The van der Waals surface area contributed by atoms with Crippen LogP contribution in [0.4, 0.5) is 0 Å². The standard InChI is InChI=1S/C21H16ClNO2/c1-14-3-2-4-16-13-17(21(25)23-20(14)16)8-12-19(24)11-7-15-5-9-18(22)10-6-15/h2-13H,1H3,(H,23,25)/b11-7+,12-8+. The van der Waals surface area contributed by atoms with Gasteiger partial charge in [0.2, 0.25) is 0 Å². The number of hydrogen-bond acceptors (Lipinski definition) is 2. The number of aromatic amines is 1. The second-order valence-corrected chi connectivity index (χ2v) is 6.15. The summed E-state index contributed by atoms with van der Waals surface area (Å²) in [4.78, 5) is 27.0. The fourth-order valence-electron chi connectivity index (χ4n) is 2.50. The van der Waals surface area contributed by atoms with E-state index in [1.54, 1.807) is 24.3 Å². The van der Waals surface area contributed by atoms with Crippen LogP contribution in [0.5, 0.6) is 0 Å². The van der Waals surface area contributed by atoms with Crippen LogP contribution in [-0.2, 0) is 4.79 Å². The molecule has 1 heterocycles. The van der Waals surface area contributed by atoms with E-state index in [0.29, 0.717) is 10.6 Å². The number of carbonyl (C=O) groups is 1. The third-order valence-electron chi connectivity index (χ3n) is 3.85. The van der Waals surface area contributed by atoms with Gasteiger partial charge >= 0.3 is 0 Å². The lowest BCUT2D eigenvalue weighted by Gasteiger charge is -2.02. The van der Waals surface area contributed by atoms with Crippen molar-refractivity contribution in [2.75, 3.05) is 0 Å². The molecule has 1 N–H and O–H groups in total. The predicted octanol–water partition coefficient (Wildman–Crippen LogP) is 4.79. The van der Waals surface area contributed by atoms with Crippen molar-refractivity contribution in [2.45, 2.75) is 6.92 Å². The van der Waals surface area contributed by atoms with Crippen LogP contribution >= 0.6 is 11.6 Å². The molecule has 3 rings (SSSR count). The van der Waals surface area contributed by atoms with Gasteiger partial charge in [-0.2, -0.15) is 0 Å². The number of hydrogen-bond donors (Lipinski definition) is 1. The highest BCUT2D eigenvalue weighted by Gasteiger charge is 2.02. The van der Waals surface area contributed by atoms with E-state index in [2.05, 4.69) is 4.98 Å². The number of H-pyrrole nitrogens is 1. The van der Waals surface area contributed by atoms with Crippen LogP contribution in [0.3, 0.4) is 0 Å². The van der Waals surface area contributed by atoms with E-state index < -0.39 is 0 Å². The summed E-state index contributed by atoms with van der Waals surface area (Å²) in [6.07, 6.45) is 6.09. The number of allylic oxidation sites excluding steroid dienone is 2. The number of halogens is 1. The summed E-state index contributed by atoms with van der Waals surface area (Å²) in [6, 6.07) is 14.8. The average molecular weight is 350 g/mol.